The molecule has 0 amide bonds. The number of carbonyl (C=O) groups is 1. The lowest BCUT2D eigenvalue weighted by Gasteiger charge is -2.26. The summed E-state index contributed by atoms with van der Waals surface area (Å²) >= 11 is 0. The van der Waals surface area contributed by atoms with Gasteiger partial charge >= 0.3 is 5.97 Å². The van der Waals surface area contributed by atoms with Crippen LogP contribution in [0.1, 0.15) is 55.6 Å². The number of rotatable bonds is 14. The van der Waals surface area contributed by atoms with Crippen LogP contribution in [0.4, 0.5) is 17.1 Å². The number of benzene rings is 9. The molecule has 4 heteroatoms. The largest absolute Gasteiger partial charge is 0.477 e. The Kier molecular flexibility index (Phi) is 13.6. The van der Waals surface area contributed by atoms with Crippen molar-refractivity contribution in [1.82, 2.24) is 0 Å². The van der Waals surface area contributed by atoms with Gasteiger partial charge in [0.25, 0.3) is 0 Å². The van der Waals surface area contributed by atoms with Gasteiger partial charge in [-0.05, 0) is 133 Å². The van der Waals surface area contributed by atoms with Crippen LogP contribution in [0.5, 0.6) is 0 Å². The molecule has 0 aliphatic rings. The van der Waals surface area contributed by atoms with Gasteiger partial charge in [-0.15, -0.1) is 0 Å². The monoisotopic (exact) mass is 874 g/mol. The predicted molar refractivity (Wildman–Crippen MR) is 282 cm³/mol. The van der Waals surface area contributed by atoms with E-state index in [0.29, 0.717) is 5.56 Å². The van der Waals surface area contributed by atoms with Crippen molar-refractivity contribution in [1.29, 1.82) is 5.26 Å². The van der Waals surface area contributed by atoms with E-state index in [4.69, 9.17) is 0 Å². The number of anilines is 3. The second kappa shape index (κ2) is 21.1. The Bertz CT molecular complexity index is 3060. The van der Waals surface area contributed by atoms with Crippen molar-refractivity contribution in [3.05, 3.63) is 310 Å². The molecule has 9 aromatic rings. The van der Waals surface area contributed by atoms with Gasteiger partial charge in [-0.2, -0.15) is 5.26 Å². The van der Waals surface area contributed by atoms with E-state index in [1.807, 2.05) is 66.7 Å². The van der Waals surface area contributed by atoms with Crippen molar-refractivity contribution in [3.63, 3.8) is 0 Å². The third-order valence-corrected chi connectivity index (χ3v) is 11.7. The highest BCUT2D eigenvalue weighted by Gasteiger charge is 2.15. The Balaban J connectivity index is 1.10. The summed E-state index contributed by atoms with van der Waals surface area (Å²) in [5.41, 5.74) is 16.5. The van der Waals surface area contributed by atoms with Gasteiger partial charge in [0, 0.05) is 17.1 Å². The molecule has 324 valence electrons. The first-order chi connectivity index (χ1) is 33.5. The molecule has 9 aromatic carbocycles. The first-order valence-electron chi connectivity index (χ1n) is 22.5. The summed E-state index contributed by atoms with van der Waals surface area (Å²) in [6.07, 6.45) is 8.07. The van der Waals surface area contributed by atoms with Gasteiger partial charge in [-0.1, -0.05) is 212 Å². The van der Waals surface area contributed by atoms with Gasteiger partial charge in [0.05, 0.1) is 0 Å². The fraction of sp³-hybridized carbons (Fsp3) is 0. The molecule has 4 nitrogen and oxygen atoms in total. The van der Waals surface area contributed by atoms with E-state index in [-0.39, 0.29) is 5.57 Å². The molecule has 0 saturated carbocycles. The number of nitriles is 1. The van der Waals surface area contributed by atoms with Crippen LogP contribution in [0.15, 0.2) is 254 Å². The maximum Gasteiger partial charge on any atom is 0.346 e. The first-order valence-corrected chi connectivity index (χ1v) is 22.5. The van der Waals surface area contributed by atoms with E-state index in [9.17, 15) is 15.2 Å². The summed E-state index contributed by atoms with van der Waals surface area (Å²) in [6.45, 7) is 0. The lowest BCUT2D eigenvalue weighted by molar-refractivity contribution is -0.132. The number of hydrogen-bond donors (Lipinski definition) is 1. The summed E-state index contributed by atoms with van der Waals surface area (Å²) in [6, 6.07) is 87.7. The summed E-state index contributed by atoms with van der Waals surface area (Å²) < 4.78 is 0. The highest BCUT2D eigenvalue weighted by molar-refractivity contribution is 5.97. The average Bonchev–Trinajstić information content (AvgIpc) is 3.41. The van der Waals surface area contributed by atoms with Crippen LogP contribution >= 0.6 is 0 Å². The number of aliphatic carboxylic acids is 1. The van der Waals surface area contributed by atoms with Crippen LogP contribution in [0.25, 0.3) is 41.0 Å². The molecular formula is C64H46N2O2. The number of carboxylic acids is 1. The van der Waals surface area contributed by atoms with Crippen molar-refractivity contribution in [2.24, 2.45) is 0 Å². The molecule has 0 radical (unpaired) electrons. The molecule has 0 aliphatic heterocycles. The highest BCUT2D eigenvalue weighted by atomic mass is 16.4. The van der Waals surface area contributed by atoms with Gasteiger partial charge < -0.3 is 10.0 Å². The van der Waals surface area contributed by atoms with Crippen molar-refractivity contribution in [2.45, 2.75) is 0 Å². The van der Waals surface area contributed by atoms with Gasteiger partial charge in [0.1, 0.15) is 11.6 Å². The van der Waals surface area contributed by atoms with Crippen molar-refractivity contribution in [3.8, 4) is 6.07 Å². The molecule has 68 heavy (non-hydrogen) atoms. The Morgan fingerprint density at radius 3 is 0.824 bits per heavy atom. The smallest absolute Gasteiger partial charge is 0.346 e. The summed E-state index contributed by atoms with van der Waals surface area (Å²) in [5.74, 6) is -1.25. The molecule has 0 aliphatic carbocycles. The average molecular weight is 875 g/mol. The Morgan fingerprint density at radius 1 is 0.338 bits per heavy atom. The Labute approximate surface area is 398 Å². The third-order valence-electron chi connectivity index (χ3n) is 11.7. The minimum Gasteiger partial charge on any atom is -0.477 e. The van der Waals surface area contributed by atoms with E-state index < -0.39 is 5.97 Å². The summed E-state index contributed by atoms with van der Waals surface area (Å²) in [4.78, 5) is 13.8. The number of nitrogens with zero attached hydrogens (tertiary/aromatic N) is 2. The van der Waals surface area contributed by atoms with Gasteiger partial charge in [-0.25, -0.2) is 4.79 Å². The molecule has 0 saturated heterocycles. The standard InChI is InChI=1S/C64H46N2O2/c65-46-57(64(67)68)42-47-26-34-56(35-27-47)63(55-24-14-5-15-25-55)45-50-32-40-60(41-33-50)66(58-36-28-48(29-37-58)43-61(51-16-6-1-7-17-51)52-18-8-2-9-19-52)59-38-30-49(31-39-59)44-62(53-20-10-3-11-21-53)54-22-12-4-13-23-54/h1-45H,(H,67,68)/b57-42+,63-45+. The summed E-state index contributed by atoms with van der Waals surface area (Å²) in [7, 11) is 0. The molecule has 0 atom stereocenters. The zero-order chi connectivity index (χ0) is 46.5. The van der Waals surface area contributed by atoms with Crippen LogP contribution in [0, 0.1) is 11.3 Å². The van der Waals surface area contributed by atoms with Crippen LogP contribution in [0.3, 0.4) is 0 Å². The van der Waals surface area contributed by atoms with E-state index >= 15 is 0 Å². The maximum absolute atomic E-state index is 11.5. The molecule has 0 heterocycles. The summed E-state index contributed by atoms with van der Waals surface area (Å²) in [5, 5.41) is 18.7. The van der Waals surface area contributed by atoms with E-state index in [1.54, 1.807) is 6.07 Å². The number of carboxylic acid groups (broad SMARTS) is 1. The molecule has 1 N–H and O–H groups in total. The lowest BCUT2D eigenvalue weighted by Crippen LogP contribution is -2.09. The fourth-order valence-corrected chi connectivity index (χ4v) is 8.26. The van der Waals surface area contributed by atoms with Gasteiger partial charge in [-0.3, -0.25) is 0 Å². The van der Waals surface area contributed by atoms with Crippen molar-refractivity contribution >= 4 is 64.1 Å². The predicted octanol–water partition coefficient (Wildman–Crippen LogP) is 15.9. The Hall–Kier alpha value is -9.30. The zero-order valence-electron chi connectivity index (χ0n) is 37.2. The number of hydrogen-bond acceptors (Lipinski definition) is 3. The van der Waals surface area contributed by atoms with E-state index in [0.717, 1.165) is 83.9 Å². The topological polar surface area (TPSA) is 64.3 Å². The van der Waals surface area contributed by atoms with E-state index in [1.165, 1.54) is 6.08 Å². The molecule has 0 unspecified atom stereocenters. The quantitative estimate of drug-likeness (QED) is 0.0671. The SMILES string of the molecule is N#C/C(=C\c1ccc(/C(=C/c2ccc(N(c3ccc(C=C(c4ccccc4)c4ccccc4)cc3)c3ccc(C=C(c4ccccc4)c4ccccc4)cc3)cc2)c2ccccc2)cc1)C(=O)O. The van der Waals surface area contributed by atoms with Crippen LogP contribution in [0.2, 0.25) is 0 Å². The fourth-order valence-electron chi connectivity index (χ4n) is 8.26. The minimum atomic E-state index is -1.25. The van der Waals surface area contributed by atoms with Gasteiger partial charge in [0.2, 0.25) is 0 Å². The van der Waals surface area contributed by atoms with Crippen LogP contribution < -0.4 is 4.90 Å². The van der Waals surface area contributed by atoms with Crippen LogP contribution in [-0.4, -0.2) is 11.1 Å². The van der Waals surface area contributed by atoms with Crippen LogP contribution in [-0.2, 0) is 4.79 Å². The van der Waals surface area contributed by atoms with Gasteiger partial charge in [0.15, 0.2) is 0 Å². The normalized spacial score (nSPS) is 11.2. The van der Waals surface area contributed by atoms with E-state index in [2.05, 4.69) is 205 Å². The third kappa shape index (κ3) is 10.6. The first kappa shape index (κ1) is 43.9. The molecule has 0 spiro atoms. The molecular weight excluding hydrogens is 829 g/mol. The minimum absolute atomic E-state index is 0.313. The van der Waals surface area contributed by atoms with Crippen molar-refractivity contribution in [2.75, 3.05) is 4.90 Å². The lowest BCUT2D eigenvalue weighted by atomic mass is 9.94. The van der Waals surface area contributed by atoms with Crippen molar-refractivity contribution < 1.29 is 9.90 Å². The highest BCUT2D eigenvalue weighted by Crippen LogP contribution is 2.37. The maximum atomic E-state index is 11.5. The molecule has 0 fully saturated rings. The zero-order valence-corrected chi connectivity index (χ0v) is 37.2. The second-order valence-corrected chi connectivity index (χ2v) is 16.2. The molecule has 0 aromatic heterocycles. The molecule has 0 bridgehead atoms. The second-order valence-electron chi connectivity index (χ2n) is 16.2. The molecule has 9 rings (SSSR count). The Morgan fingerprint density at radius 2 is 0.574 bits per heavy atom.